The van der Waals surface area contributed by atoms with Gasteiger partial charge in [0.1, 0.15) is 5.65 Å². The molecule has 0 aromatic carbocycles. The van der Waals surface area contributed by atoms with E-state index in [0.717, 1.165) is 17.0 Å². The molecule has 3 aromatic heterocycles. The molecule has 0 radical (unpaired) electrons. The maximum atomic E-state index is 12.1. The minimum Gasteiger partial charge on any atom is -0.269 e. The summed E-state index contributed by atoms with van der Waals surface area (Å²) in [5.74, 6) is 0. The fraction of sp³-hybridized carbons (Fsp3) is 0.167. The van der Waals surface area contributed by atoms with Gasteiger partial charge in [-0.15, -0.1) is 5.10 Å². The van der Waals surface area contributed by atoms with Gasteiger partial charge >= 0.3 is 4.87 Å². The van der Waals surface area contributed by atoms with Crippen LogP contribution in [0.4, 0.5) is 0 Å². The molecule has 20 heavy (non-hydrogen) atoms. The second-order valence-electron chi connectivity index (χ2n) is 4.23. The topological polar surface area (TPSA) is 69.3 Å². The average molecular weight is 309 g/mol. The lowest BCUT2D eigenvalue weighted by Crippen LogP contribution is -2.21. The van der Waals surface area contributed by atoms with Crippen molar-refractivity contribution in [2.75, 3.05) is 0 Å². The molecule has 0 spiro atoms. The monoisotopic (exact) mass is 308 g/mol. The van der Waals surface area contributed by atoms with Crippen LogP contribution in [0.2, 0.25) is 4.47 Å². The van der Waals surface area contributed by atoms with E-state index < -0.39 is 0 Å². The van der Waals surface area contributed by atoms with Gasteiger partial charge in [-0.3, -0.25) is 14.0 Å². The molecular formula is C12H9ClN4O2S. The van der Waals surface area contributed by atoms with Crippen molar-refractivity contribution in [2.24, 2.45) is 0 Å². The van der Waals surface area contributed by atoms with Gasteiger partial charge in [0.2, 0.25) is 4.47 Å². The molecule has 3 heterocycles. The lowest BCUT2D eigenvalue weighted by atomic mass is 10.3. The molecule has 0 aliphatic rings. The fourth-order valence-electron chi connectivity index (χ4n) is 1.98. The van der Waals surface area contributed by atoms with Gasteiger partial charge in [-0.25, -0.2) is 9.67 Å². The van der Waals surface area contributed by atoms with Crippen LogP contribution in [0.3, 0.4) is 0 Å². The van der Waals surface area contributed by atoms with Gasteiger partial charge in [-0.2, -0.15) is 0 Å². The van der Waals surface area contributed by atoms with Crippen LogP contribution in [0, 0.1) is 6.92 Å². The number of hydrogen-bond donors (Lipinski definition) is 0. The zero-order valence-corrected chi connectivity index (χ0v) is 12.0. The third kappa shape index (κ3) is 2.25. The zero-order chi connectivity index (χ0) is 14.3. The molecule has 0 atom stereocenters. The third-order valence-corrected chi connectivity index (χ3v) is 3.77. The molecule has 0 unspecified atom stereocenters. The Balaban J connectivity index is 2.12. The Morgan fingerprint density at radius 1 is 1.35 bits per heavy atom. The van der Waals surface area contributed by atoms with E-state index in [0.29, 0.717) is 11.3 Å². The van der Waals surface area contributed by atoms with Crippen molar-refractivity contribution in [1.82, 2.24) is 19.2 Å². The standard InChI is InChI=1S/C12H9ClN4O2S/c1-7-3-2-4-9-14-8(5-10(18)17(7)9)6-16-12(19)20-11(13)15-16/h2-5H,6H2,1H3. The van der Waals surface area contributed by atoms with Crippen molar-refractivity contribution in [3.8, 4) is 0 Å². The van der Waals surface area contributed by atoms with E-state index in [-0.39, 0.29) is 21.4 Å². The van der Waals surface area contributed by atoms with Crippen LogP contribution in [0.1, 0.15) is 11.4 Å². The number of aromatic nitrogens is 4. The Morgan fingerprint density at radius 3 is 2.85 bits per heavy atom. The molecule has 0 bridgehead atoms. The normalized spacial score (nSPS) is 11.1. The molecule has 0 N–H and O–H groups in total. The highest BCUT2D eigenvalue weighted by Gasteiger charge is 2.08. The Labute approximate surface area is 121 Å². The highest BCUT2D eigenvalue weighted by molar-refractivity contribution is 7.13. The Morgan fingerprint density at radius 2 is 2.15 bits per heavy atom. The number of hydrogen-bond acceptors (Lipinski definition) is 5. The van der Waals surface area contributed by atoms with Gasteiger partial charge in [-0.05, 0) is 42.0 Å². The molecule has 0 saturated heterocycles. The Bertz CT molecular complexity index is 912. The zero-order valence-electron chi connectivity index (χ0n) is 10.4. The van der Waals surface area contributed by atoms with E-state index in [4.69, 9.17) is 11.6 Å². The van der Waals surface area contributed by atoms with Crippen molar-refractivity contribution in [3.63, 3.8) is 0 Å². The Kier molecular flexibility index (Phi) is 3.15. The summed E-state index contributed by atoms with van der Waals surface area (Å²) in [5, 5.41) is 3.87. The van der Waals surface area contributed by atoms with Gasteiger partial charge in [0.05, 0.1) is 12.2 Å². The number of fused-ring (bicyclic) bond motifs is 1. The first-order valence-electron chi connectivity index (χ1n) is 5.76. The molecule has 0 aliphatic carbocycles. The van der Waals surface area contributed by atoms with E-state index in [2.05, 4.69) is 10.1 Å². The van der Waals surface area contributed by atoms with Crippen LogP contribution in [0.15, 0.2) is 33.9 Å². The molecule has 0 amide bonds. The predicted molar refractivity (Wildman–Crippen MR) is 76.7 cm³/mol. The van der Waals surface area contributed by atoms with E-state index in [9.17, 15) is 9.59 Å². The average Bonchev–Trinajstić information content (AvgIpc) is 2.67. The summed E-state index contributed by atoms with van der Waals surface area (Å²) in [5.41, 5.74) is 1.64. The number of nitrogens with zero attached hydrogens (tertiary/aromatic N) is 4. The SMILES string of the molecule is Cc1cccc2nc(Cn3nc(Cl)sc3=O)cc(=O)n12. The molecule has 3 aromatic rings. The summed E-state index contributed by atoms with van der Waals surface area (Å²) >= 11 is 6.53. The van der Waals surface area contributed by atoms with Crippen molar-refractivity contribution >= 4 is 28.6 Å². The van der Waals surface area contributed by atoms with Crippen LogP contribution in [0.5, 0.6) is 0 Å². The summed E-state index contributed by atoms with van der Waals surface area (Å²) in [6.45, 7) is 1.96. The summed E-state index contributed by atoms with van der Waals surface area (Å²) < 4.78 is 2.88. The summed E-state index contributed by atoms with van der Waals surface area (Å²) in [6.07, 6.45) is 0. The number of halogens is 1. The maximum Gasteiger partial charge on any atom is 0.326 e. The van der Waals surface area contributed by atoms with E-state index in [1.54, 1.807) is 6.07 Å². The van der Waals surface area contributed by atoms with Crippen LogP contribution < -0.4 is 10.4 Å². The van der Waals surface area contributed by atoms with Crippen LogP contribution in [-0.2, 0) is 6.54 Å². The maximum absolute atomic E-state index is 12.1. The third-order valence-electron chi connectivity index (χ3n) is 2.83. The lowest BCUT2D eigenvalue weighted by molar-refractivity contribution is 0.652. The lowest BCUT2D eigenvalue weighted by Gasteiger charge is -2.06. The molecule has 3 rings (SSSR count). The van der Waals surface area contributed by atoms with E-state index in [1.165, 1.54) is 15.1 Å². The molecule has 6 nitrogen and oxygen atoms in total. The highest BCUT2D eigenvalue weighted by Crippen LogP contribution is 2.07. The molecule has 0 fully saturated rings. The van der Waals surface area contributed by atoms with Crippen LogP contribution >= 0.6 is 22.9 Å². The second kappa shape index (κ2) is 4.84. The first kappa shape index (κ1) is 13.0. The predicted octanol–water partition coefficient (Wildman–Crippen LogP) is 1.32. The largest absolute Gasteiger partial charge is 0.326 e. The smallest absolute Gasteiger partial charge is 0.269 e. The van der Waals surface area contributed by atoms with Gasteiger partial charge < -0.3 is 0 Å². The second-order valence-corrected chi connectivity index (χ2v) is 5.75. The van der Waals surface area contributed by atoms with Crippen molar-refractivity contribution in [1.29, 1.82) is 0 Å². The summed E-state index contributed by atoms with van der Waals surface area (Å²) in [4.78, 5) is 27.8. The first-order valence-corrected chi connectivity index (χ1v) is 6.96. The fourth-order valence-corrected chi connectivity index (χ4v) is 2.76. The van der Waals surface area contributed by atoms with Gasteiger partial charge in [0.15, 0.2) is 0 Å². The van der Waals surface area contributed by atoms with E-state index >= 15 is 0 Å². The quantitative estimate of drug-likeness (QED) is 0.716. The van der Waals surface area contributed by atoms with Crippen LogP contribution in [0.25, 0.3) is 5.65 Å². The Hall–Kier alpha value is -1.99. The molecule has 0 aliphatic heterocycles. The van der Waals surface area contributed by atoms with Crippen LogP contribution in [-0.4, -0.2) is 19.2 Å². The molecule has 8 heteroatoms. The van der Waals surface area contributed by atoms with Gasteiger partial charge in [-0.1, -0.05) is 6.07 Å². The highest BCUT2D eigenvalue weighted by atomic mass is 35.5. The molecule has 0 saturated carbocycles. The molecular weight excluding hydrogens is 300 g/mol. The number of aryl methyl sites for hydroxylation is 1. The van der Waals surface area contributed by atoms with Gasteiger partial charge in [0.25, 0.3) is 5.56 Å². The van der Waals surface area contributed by atoms with Crippen molar-refractivity contribution < 1.29 is 0 Å². The van der Waals surface area contributed by atoms with Crippen molar-refractivity contribution in [2.45, 2.75) is 13.5 Å². The molecule has 102 valence electrons. The van der Waals surface area contributed by atoms with Gasteiger partial charge in [0, 0.05) is 11.8 Å². The minimum absolute atomic E-state index is 0.127. The van der Waals surface area contributed by atoms with E-state index in [1.807, 2.05) is 19.1 Å². The first-order chi connectivity index (χ1) is 9.54. The summed E-state index contributed by atoms with van der Waals surface area (Å²) in [7, 11) is 0. The minimum atomic E-state index is -0.277. The summed E-state index contributed by atoms with van der Waals surface area (Å²) in [6, 6.07) is 6.81. The van der Waals surface area contributed by atoms with Crippen molar-refractivity contribution in [3.05, 3.63) is 60.1 Å². The number of pyridine rings is 1. The number of rotatable bonds is 2.